The maximum Gasteiger partial charge on any atom is 0.248 e. The molecule has 0 aromatic heterocycles. The number of alkyl halides is 2. The van der Waals surface area contributed by atoms with Gasteiger partial charge in [0.05, 0.1) is 0 Å². The molecule has 0 spiro atoms. The van der Waals surface area contributed by atoms with Gasteiger partial charge in [-0.1, -0.05) is 13.8 Å². The molecular weight excluding hydrogens is 174 g/mol. The Balaban J connectivity index is 0.000000671. The predicted molar refractivity (Wildman–Crippen MR) is 50.1 cm³/mol. The van der Waals surface area contributed by atoms with Crippen molar-refractivity contribution >= 4 is 0 Å². The van der Waals surface area contributed by atoms with Crippen molar-refractivity contribution in [2.45, 2.75) is 46.0 Å². The van der Waals surface area contributed by atoms with Crippen molar-refractivity contribution in [3.8, 4) is 0 Å². The molecule has 0 aliphatic heterocycles. The van der Waals surface area contributed by atoms with Gasteiger partial charge in [0.25, 0.3) is 0 Å². The van der Waals surface area contributed by atoms with Gasteiger partial charge in [-0.3, -0.25) is 0 Å². The van der Waals surface area contributed by atoms with Gasteiger partial charge in [0.1, 0.15) is 0 Å². The van der Waals surface area contributed by atoms with Crippen molar-refractivity contribution < 1.29 is 13.5 Å². The zero-order valence-corrected chi connectivity index (χ0v) is 8.78. The maximum atomic E-state index is 12.3. The first-order chi connectivity index (χ1) is 6.14. The highest BCUT2D eigenvalue weighted by atomic mass is 19.3. The summed E-state index contributed by atoms with van der Waals surface area (Å²) < 4.78 is 29.6. The van der Waals surface area contributed by atoms with E-state index in [4.69, 9.17) is 4.74 Å². The number of rotatable bonds is 4. The predicted octanol–water partition coefficient (Wildman–Crippen LogP) is 3.48. The van der Waals surface area contributed by atoms with Crippen molar-refractivity contribution in [1.29, 1.82) is 0 Å². The molecule has 1 saturated carbocycles. The Hall–Kier alpha value is -0.180. The molecule has 3 heteroatoms. The Morgan fingerprint density at radius 1 is 1.31 bits per heavy atom. The van der Waals surface area contributed by atoms with Crippen LogP contribution in [-0.2, 0) is 4.74 Å². The monoisotopic (exact) mass is 194 g/mol. The van der Waals surface area contributed by atoms with E-state index in [9.17, 15) is 8.78 Å². The number of halogens is 2. The van der Waals surface area contributed by atoms with E-state index < -0.39 is 5.92 Å². The first kappa shape index (κ1) is 12.8. The molecule has 1 fully saturated rings. The van der Waals surface area contributed by atoms with Gasteiger partial charge in [-0.15, -0.1) is 0 Å². The highest BCUT2D eigenvalue weighted by molar-refractivity contribution is 4.85. The van der Waals surface area contributed by atoms with Crippen LogP contribution >= 0.6 is 0 Å². The number of hydrogen-bond acceptors (Lipinski definition) is 1. The molecule has 0 N–H and O–H groups in total. The second kappa shape index (κ2) is 6.30. The fraction of sp³-hybridized carbons (Fsp3) is 1.00. The van der Waals surface area contributed by atoms with Crippen LogP contribution in [0.1, 0.15) is 40.0 Å². The van der Waals surface area contributed by atoms with Crippen LogP contribution in [0, 0.1) is 5.92 Å². The Kier molecular flexibility index (Phi) is 6.21. The van der Waals surface area contributed by atoms with Crippen molar-refractivity contribution in [3.05, 3.63) is 0 Å². The molecule has 0 heterocycles. The zero-order chi connectivity index (χ0) is 10.3. The molecule has 1 rings (SSSR count). The van der Waals surface area contributed by atoms with Gasteiger partial charge in [0, 0.05) is 26.1 Å². The minimum atomic E-state index is -2.36. The van der Waals surface area contributed by atoms with Gasteiger partial charge in [-0.05, 0) is 19.3 Å². The molecule has 80 valence electrons. The number of hydrogen-bond donors (Lipinski definition) is 0. The van der Waals surface area contributed by atoms with E-state index in [0.717, 1.165) is 6.42 Å². The third-order valence-corrected chi connectivity index (χ3v) is 2.05. The molecule has 0 aromatic rings. The molecule has 0 aromatic carbocycles. The lowest BCUT2D eigenvalue weighted by Gasteiger charge is -2.34. The average molecular weight is 194 g/mol. The standard InChI is InChI=1S/C8H14F2O.C2H6/c1-2-11-4-3-7-5-8(9,10)6-7;1-2/h7H,2-6H2,1H3;1-2H3. The molecule has 0 unspecified atom stereocenters. The van der Waals surface area contributed by atoms with Gasteiger partial charge in [0.2, 0.25) is 5.92 Å². The summed E-state index contributed by atoms with van der Waals surface area (Å²) in [5, 5.41) is 0. The minimum absolute atomic E-state index is 0.0695. The lowest BCUT2D eigenvalue weighted by Crippen LogP contribution is -2.35. The quantitative estimate of drug-likeness (QED) is 0.622. The van der Waals surface area contributed by atoms with E-state index in [0.29, 0.717) is 13.2 Å². The normalized spacial score (nSPS) is 20.1. The largest absolute Gasteiger partial charge is 0.382 e. The molecule has 0 saturated heterocycles. The topological polar surface area (TPSA) is 9.23 Å². The van der Waals surface area contributed by atoms with E-state index in [1.54, 1.807) is 0 Å². The van der Waals surface area contributed by atoms with E-state index in [1.807, 2.05) is 20.8 Å². The highest BCUT2D eigenvalue weighted by Crippen LogP contribution is 2.43. The summed E-state index contributed by atoms with van der Waals surface area (Å²) in [5.74, 6) is -2.16. The fourth-order valence-corrected chi connectivity index (χ4v) is 1.38. The summed E-state index contributed by atoms with van der Waals surface area (Å²) in [5.41, 5.74) is 0. The van der Waals surface area contributed by atoms with Crippen LogP contribution in [-0.4, -0.2) is 19.1 Å². The summed E-state index contributed by atoms with van der Waals surface area (Å²) in [4.78, 5) is 0. The van der Waals surface area contributed by atoms with Crippen LogP contribution in [0.2, 0.25) is 0 Å². The smallest absolute Gasteiger partial charge is 0.248 e. The average Bonchev–Trinajstić information content (AvgIpc) is 2.05. The first-order valence-corrected chi connectivity index (χ1v) is 5.09. The molecule has 1 nitrogen and oxygen atoms in total. The minimum Gasteiger partial charge on any atom is -0.382 e. The van der Waals surface area contributed by atoms with Crippen LogP contribution < -0.4 is 0 Å². The summed E-state index contributed by atoms with van der Waals surface area (Å²) in [6.45, 7) is 7.23. The molecule has 0 atom stereocenters. The Bertz CT molecular complexity index is 118. The van der Waals surface area contributed by atoms with Crippen molar-refractivity contribution in [2.24, 2.45) is 5.92 Å². The Morgan fingerprint density at radius 3 is 2.23 bits per heavy atom. The molecular formula is C10H20F2O. The molecule has 0 bridgehead atoms. The Labute approximate surface area is 79.5 Å². The molecule has 0 radical (unpaired) electrons. The third-order valence-electron chi connectivity index (χ3n) is 2.05. The lowest BCUT2D eigenvalue weighted by atomic mass is 9.79. The van der Waals surface area contributed by atoms with Crippen molar-refractivity contribution in [2.75, 3.05) is 13.2 Å². The van der Waals surface area contributed by atoms with Crippen molar-refractivity contribution in [3.63, 3.8) is 0 Å². The molecule has 0 amide bonds. The van der Waals surface area contributed by atoms with Crippen molar-refractivity contribution in [1.82, 2.24) is 0 Å². The second-order valence-electron chi connectivity index (χ2n) is 3.12. The molecule has 1 aliphatic rings. The van der Waals surface area contributed by atoms with Crippen LogP contribution in [0.5, 0.6) is 0 Å². The van der Waals surface area contributed by atoms with Crippen LogP contribution in [0.4, 0.5) is 8.78 Å². The van der Waals surface area contributed by atoms with Gasteiger partial charge in [-0.2, -0.15) is 0 Å². The summed E-state index contributed by atoms with van der Waals surface area (Å²) >= 11 is 0. The number of ether oxygens (including phenoxy) is 1. The fourth-order valence-electron chi connectivity index (χ4n) is 1.38. The van der Waals surface area contributed by atoms with Gasteiger partial charge >= 0.3 is 0 Å². The van der Waals surface area contributed by atoms with E-state index >= 15 is 0 Å². The van der Waals surface area contributed by atoms with Gasteiger partial charge in [0.15, 0.2) is 0 Å². The SMILES string of the molecule is CC.CCOCCC1CC(F)(F)C1. The van der Waals surface area contributed by atoms with Crippen LogP contribution in [0.25, 0.3) is 0 Å². The Morgan fingerprint density at radius 2 is 1.85 bits per heavy atom. The highest BCUT2D eigenvalue weighted by Gasteiger charge is 2.44. The van der Waals surface area contributed by atoms with Gasteiger partial charge in [-0.25, -0.2) is 8.78 Å². The van der Waals surface area contributed by atoms with Crippen LogP contribution in [0.3, 0.4) is 0 Å². The zero-order valence-electron chi connectivity index (χ0n) is 8.78. The first-order valence-electron chi connectivity index (χ1n) is 5.09. The maximum absolute atomic E-state index is 12.3. The summed E-state index contributed by atoms with van der Waals surface area (Å²) in [6, 6.07) is 0. The van der Waals surface area contributed by atoms with Crippen LogP contribution in [0.15, 0.2) is 0 Å². The lowest BCUT2D eigenvalue weighted by molar-refractivity contribution is -0.115. The van der Waals surface area contributed by atoms with Gasteiger partial charge < -0.3 is 4.74 Å². The third kappa shape index (κ3) is 5.19. The second-order valence-corrected chi connectivity index (χ2v) is 3.12. The molecule has 1 aliphatic carbocycles. The van der Waals surface area contributed by atoms with E-state index in [2.05, 4.69) is 0 Å². The molecule has 13 heavy (non-hydrogen) atoms. The summed E-state index contributed by atoms with van der Waals surface area (Å²) in [6.07, 6.45) is 0.934. The summed E-state index contributed by atoms with van der Waals surface area (Å²) in [7, 11) is 0. The van der Waals surface area contributed by atoms with E-state index in [1.165, 1.54) is 0 Å². The van der Waals surface area contributed by atoms with E-state index in [-0.39, 0.29) is 18.8 Å².